The average Bonchev–Trinajstić information content (AvgIpc) is 2.68. The molecule has 0 fully saturated rings. The average molecular weight is 338 g/mol. The zero-order valence-electron chi connectivity index (χ0n) is 14.4. The molecule has 4 aromatic rings. The van der Waals surface area contributed by atoms with Crippen molar-refractivity contribution in [2.45, 2.75) is 6.92 Å². The summed E-state index contributed by atoms with van der Waals surface area (Å²) < 4.78 is 0. The number of nitrogens with one attached hydrogen (secondary N) is 1. The van der Waals surface area contributed by atoms with Gasteiger partial charge in [0.1, 0.15) is 0 Å². The van der Waals surface area contributed by atoms with Gasteiger partial charge in [-0.05, 0) is 36.8 Å². The lowest BCUT2D eigenvalue weighted by Gasteiger charge is -2.11. The first-order valence-electron chi connectivity index (χ1n) is 8.54. The van der Waals surface area contributed by atoms with E-state index in [1.807, 2.05) is 91.9 Å². The first-order valence-corrected chi connectivity index (χ1v) is 8.54. The molecule has 1 heterocycles. The Kier molecular flexibility index (Phi) is 4.20. The molecule has 1 N–H and O–H groups in total. The van der Waals surface area contributed by atoms with E-state index in [0.29, 0.717) is 5.56 Å². The maximum absolute atomic E-state index is 13.0. The van der Waals surface area contributed by atoms with Crippen LogP contribution >= 0.6 is 0 Å². The van der Waals surface area contributed by atoms with Crippen LogP contribution in [-0.4, -0.2) is 10.9 Å². The number of hydrogen-bond donors (Lipinski definition) is 1. The fourth-order valence-corrected chi connectivity index (χ4v) is 3.04. The molecular weight excluding hydrogens is 320 g/mol. The molecule has 3 heteroatoms. The molecule has 0 saturated heterocycles. The summed E-state index contributed by atoms with van der Waals surface area (Å²) in [5.41, 5.74) is 5.10. The second-order valence-electron chi connectivity index (χ2n) is 6.26. The molecule has 3 aromatic carbocycles. The number of aromatic nitrogens is 1. The van der Waals surface area contributed by atoms with Gasteiger partial charge >= 0.3 is 0 Å². The van der Waals surface area contributed by atoms with Crippen molar-refractivity contribution >= 4 is 22.5 Å². The van der Waals surface area contributed by atoms with Crippen molar-refractivity contribution in [1.29, 1.82) is 0 Å². The zero-order valence-corrected chi connectivity index (χ0v) is 14.4. The number of benzene rings is 3. The van der Waals surface area contributed by atoms with Crippen LogP contribution in [0.5, 0.6) is 0 Å². The van der Waals surface area contributed by atoms with E-state index in [4.69, 9.17) is 4.98 Å². The van der Waals surface area contributed by atoms with Crippen molar-refractivity contribution in [3.63, 3.8) is 0 Å². The summed E-state index contributed by atoms with van der Waals surface area (Å²) in [6.45, 7) is 2.00. The van der Waals surface area contributed by atoms with E-state index in [0.717, 1.165) is 33.4 Å². The lowest BCUT2D eigenvalue weighted by molar-refractivity contribution is 0.102. The van der Waals surface area contributed by atoms with Crippen molar-refractivity contribution in [3.05, 3.63) is 96.1 Å². The normalized spacial score (nSPS) is 10.7. The summed E-state index contributed by atoms with van der Waals surface area (Å²) in [4.78, 5) is 17.7. The lowest BCUT2D eigenvalue weighted by atomic mass is 10.0. The summed E-state index contributed by atoms with van der Waals surface area (Å²) in [6.07, 6.45) is 0. The minimum Gasteiger partial charge on any atom is -0.322 e. The summed E-state index contributed by atoms with van der Waals surface area (Å²) in [5.74, 6) is -0.133. The van der Waals surface area contributed by atoms with Crippen LogP contribution in [0.1, 0.15) is 15.9 Å². The summed E-state index contributed by atoms with van der Waals surface area (Å²) in [5, 5.41) is 3.85. The molecule has 1 aromatic heterocycles. The number of pyridine rings is 1. The van der Waals surface area contributed by atoms with Gasteiger partial charge in [0, 0.05) is 16.6 Å². The van der Waals surface area contributed by atoms with Gasteiger partial charge < -0.3 is 5.32 Å². The Morgan fingerprint density at radius 1 is 0.846 bits per heavy atom. The number of carbonyl (C=O) groups excluding carboxylic acids is 1. The molecule has 0 aliphatic heterocycles. The number of hydrogen-bond acceptors (Lipinski definition) is 2. The standard InChI is InChI=1S/C23H18N2O/c1-16-8-7-11-18(14-16)24-23(26)20-15-22(17-9-3-2-4-10-17)25-21-13-6-5-12-19(20)21/h2-15H,1H3,(H,24,26). The molecule has 26 heavy (non-hydrogen) atoms. The van der Waals surface area contributed by atoms with Crippen molar-refractivity contribution < 1.29 is 4.79 Å². The number of fused-ring (bicyclic) bond motifs is 1. The monoisotopic (exact) mass is 338 g/mol. The lowest BCUT2D eigenvalue weighted by Crippen LogP contribution is -2.13. The fraction of sp³-hybridized carbons (Fsp3) is 0.0435. The third-order valence-electron chi connectivity index (χ3n) is 4.31. The molecule has 4 rings (SSSR count). The van der Waals surface area contributed by atoms with Gasteiger partial charge in [-0.2, -0.15) is 0 Å². The van der Waals surface area contributed by atoms with Gasteiger partial charge in [-0.3, -0.25) is 4.79 Å². The maximum atomic E-state index is 13.0. The van der Waals surface area contributed by atoms with Crippen LogP contribution in [0.2, 0.25) is 0 Å². The van der Waals surface area contributed by atoms with Crippen LogP contribution in [0.4, 0.5) is 5.69 Å². The van der Waals surface area contributed by atoms with Crippen molar-refractivity contribution in [3.8, 4) is 11.3 Å². The van der Waals surface area contributed by atoms with E-state index < -0.39 is 0 Å². The topological polar surface area (TPSA) is 42.0 Å². The molecule has 0 radical (unpaired) electrons. The van der Waals surface area contributed by atoms with E-state index >= 15 is 0 Å². The highest BCUT2D eigenvalue weighted by Crippen LogP contribution is 2.25. The number of anilines is 1. The highest BCUT2D eigenvalue weighted by molar-refractivity contribution is 6.13. The smallest absolute Gasteiger partial charge is 0.256 e. The SMILES string of the molecule is Cc1cccc(NC(=O)c2cc(-c3ccccc3)nc3ccccc23)c1. The molecule has 0 unspecified atom stereocenters. The van der Waals surface area contributed by atoms with E-state index in [-0.39, 0.29) is 5.91 Å². The fourth-order valence-electron chi connectivity index (χ4n) is 3.04. The molecule has 0 aliphatic carbocycles. The minimum absolute atomic E-state index is 0.133. The predicted molar refractivity (Wildman–Crippen MR) is 106 cm³/mol. The zero-order chi connectivity index (χ0) is 17.9. The Hall–Kier alpha value is -3.46. The molecule has 0 saturated carbocycles. The Bertz CT molecular complexity index is 1090. The Morgan fingerprint density at radius 3 is 2.42 bits per heavy atom. The largest absolute Gasteiger partial charge is 0.322 e. The van der Waals surface area contributed by atoms with Crippen LogP contribution in [0, 0.1) is 6.92 Å². The summed E-state index contributed by atoms with van der Waals surface area (Å²) >= 11 is 0. The van der Waals surface area contributed by atoms with E-state index in [1.165, 1.54) is 0 Å². The molecule has 0 spiro atoms. The predicted octanol–water partition coefficient (Wildman–Crippen LogP) is 5.46. The number of rotatable bonds is 3. The first kappa shape index (κ1) is 16.0. The highest BCUT2D eigenvalue weighted by atomic mass is 16.1. The van der Waals surface area contributed by atoms with Crippen LogP contribution in [0.15, 0.2) is 84.9 Å². The number of para-hydroxylation sites is 1. The number of carbonyl (C=O) groups is 1. The quantitative estimate of drug-likeness (QED) is 0.539. The molecule has 0 aliphatic rings. The van der Waals surface area contributed by atoms with Crippen LogP contribution < -0.4 is 5.32 Å². The van der Waals surface area contributed by atoms with Gasteiger partial charge in [0.05, 0.1) is 16.8 Å². The third-order valence-corrected chi connectivity index (χ3v) is 4.31. The van der Waals surface area contributed by atoms with Gasteiger partial charge in [0.25, 0.3) is 5.91 Å². The van der Waals surface area contributed by atoms with Crippen LogP contribution in [0.25, 0.3) is 22.2 Å². The highest BCUT2D eigenvalue weighted by Gasteiger charge is 2.14. The molecule has 126 valence electrons. The van der Waals surface area contributed by atoms with Crippen LogP contribution in [0.3, 0.4) is 0 Å². The summed E-state index contributed by atoms with van der Waals surface area (Å²) in [7, 11) is 0. The summed E-state index contributed by atoms with van der Waals surface area (Å²) in [6, 6.07) is 27.3. The molecule has 3 nitrogen and oxygen atoms in total. The van der Waals surface area contributed by atoms with Gasteiger partial charge in [-0.25, -0.2) is 4.98 Å². The molecule has 0 bridgehead atoms. The second kappa shape index (κ2) is 6.81. The van der Waals surface area contributed by atoms with Crippen molar-refractivity contribution in [2.24, 2.45) is 0 Å². The second-order valence-corrected chi connectivity index (χ2v) is 6.26. The Balaban J connectivity index is 1.81. The number of nitrogens with zero attached hydrogens (tertiary/aromatic N) is 1. The maximum Gasteiger partial charge on any atom is 0.256 e. The number of amides is 1. The van der Waals surface area contributed by atoms with E-state index in [9.17, 15) is 4.79 Å². The minimum atomic E-state index is -0.133. The van der Waals surface area contributed by atoms with Crippen molar-refractivity contribution in [1.82, 2.24) is 4.98 Å². The van der Waals surface area contributed by atoms with E-state index in [1.54, 1.807) is 0 Å². The van der Waals surface area contributed by atoms with Gasteiger partial charge in [-0.1, -0.05) is 60.7 Å². The van der Waals surface area contributed by atoms with E-state index in [2.05, 4.69) is 5.32 Å². The molecule has 1 amide bonds. The Morgan fingerprint density at radius 2 is 1.62 bits per heavy atom. The third kappa shape index (κ3) is 3.20. The molecular formula is C23H18N2O. The molecule has 0 atom stereocenters. The van der Waals surface area contributed by atoms with Gasteiger partial charge in [-0.15, -0.1) is 0 Å². The van der Waals surface area contributed by atoms with Crippen molar-refractivity contribution in [2.75, 3.05) is 5.32 Å². The Labute approximate surface area is 152 Å². The first-order chi connectivity index (χ1) is 12.7. The van der Waals surface area contributed by atoms with Gasteiger partial charge in [0.15, 0.2) is 0 Å². The van der Waals surface area contributed by atoms with Gasteiger partial charge in [0.2, 0.25) is 0 Å². The van der Waals surface area contributed by atoms with Crippen LogP contribution in [-0.2, 0) is 0 Å². The number of aryl methyl sites for hydroxylation is 1.